The average molecular weight is 243 g/mol. The number of fused-ring (bicyclic) bond motifs is 1. The second-order valence-corrected chi connectivity index (χ2v) is 4.91. The summed E-state index contributed by atoms with van der Waals surface area (Å²) in [6.07, 6.45) is 9.11. The van der Waals surface area contributed by atoms with Crippen LogP contribution in [0.4, 0.5) is 5.69 Å². The maximum atomic E-state index is 3.68. The lowest BCUT2D eigenvalue weighted by molar-refractivity contribution is 0.873. The summed E-state index contributed by atoms with van der Waals surface area (Å²) in [5.74, 6) is 0. The van der Waals surface area contributed by atoms with Gasteiger partial charge in [0.05, 0.1) is 10.7 Å². The molecule has 1 aliphatic heterocycles. The summed E-state index contributed by atoms with van der Waals surface area (Å²) in [5, 5.41) is 1.30. The third-order valence-electron chi connectivity index (χ3n) is 2.57. The maximum absolute atomic E-state index is 3.68. The SMILES string of the molecule is C=CC=CC=C1Sc2ccccc2N1CCC. The van der Waals surface area contributed by atoms with Crippen LogP contribution in [0.3, 0.4) is 0 Å². The van der Waals surface area contributed by atoms with Crippen LogP contribution in [0.2, 0.25) is 0 Å². The van der Waals surface area contributed by atoms with Crippen molar-refractivity contribution < 1.29 is 0 Å². The summed E-state index contributed by atoms with van der Waals surface area (Å²) >= 11 is 1.84. The summed E-state index contributed by atoms with van der Waals surface area (Å²) in [6, 6.07) is 8.57. The van der Waals surface area contributed by atoms with Crippen LogP contribution in [0.1, 0.15) is 13.3 Å². The van der Waals surface area contributed by atoms with Gasteiger partial charge in [-0.25, -0.2) is 0 Å². The van der Waals surface area contributed by atoms with Crippen LogP contribution < -0.4 is 4.90 Å². The number of anilines is 1. The first kappa shape index (κ1) is 12.1. The van der Waals surface area contributed by atoms with Gasteiger partial charge in [0, 0.05) is 11.4 Å². The minimum Gasteiger partial charge on any atom is -0.335 e. The number of hydrogen-bond acceptors (Lipinski definition) is 2. The molecule has 1 aromatic carbocycles. The predicted octanol–water partition coefficient (Wildman–Crippen LogP) is 4.59. The summed E-state index contributed by atoms with van der Waals surface area (Å²) in [6.45, 7) is 6.96. The highest BCUT2D eigenvalue weighted by molar-refractivity contribution is 8.03. The molecule has 0 amide bonds. The second-order valence-electron chi connectivity index (χ2n) is 3.85. The van der Waals surface area contributed by atoms with E-state index in [4.69, 9.17) is 0 Å². The molecule has 0 aliphatic carbocycles. The van der Waals surface area contributed by atoms with E-state index in [1.54, 1.807) is 6.08 Å². The van der Waals surface area contributed by atoms with Gasteiger partial charge in [0.1, 0.15) is 0 Å². The topological polar surface area (TPSA) is 3.24 Å². The monoisotopic (exact) mass is 243 g/mol. The molecule has 0 N–H and O–H groups in total. The molecule has 88 valence electrons. The molecule has 0 aromatic heterocycles. The second kappa shape index (κ2) is 5.78. The van der Waals surface area contributed by atoms with E-state index in [0.717, 1.165) is 13.0 Å². The highest BCUT2D eigenvalue weighted by atomic mass is 32.2. The van der Waals surface area contributed by atoms with Gasteiger partial charge < -0.3 is 4.90 Å². The molecule has 17 heavy (non-hydrogen) atoms. The minimum atomic E-state index is 1.07. The molecule has 0 spiro atoms. The molecule has 0 saturated carbocycles. The van der Waals surface area contributed by atoms with Crippen molar-refractivity contribution in [3.8, 4) is 0 Å². The average Bonchev–Trinajstić information content (AvgIpc) is 2.69. The predicted molar refractivity (Wildman–Crippen MR) is 77.4 cm³/mol. The number of para-hydroxylation sites is 1. The van der Waals surface area contributed by atoms with Gasteiger partial charge in [0.15, 0.2) is 0 Å². The van der Waals surface area contributed by atoms with Gasteiger partial charge in [-0.2, -0.15) is 0 Å². The molecule has 1 nitrogen and oxygen atoms in total. The lowest BCUT2D eigenvalue weighted by atomic mass is 10.3. The molecule has 1 heterocycles. The lowest BCUT2D eigenvalue weighted by Crippen LogP contribution is -2.18. The van der Waals surface area contributed by atoms with Crippen molar-refractivity contribution in [2.24, 2.45) is 0 Å². The zero-order chi connectivity index (χ0) is 12.1. The molecule has 1 aromatic rings. The number of thioether (sulfide) groups is 1. The molecule has 1 aliphatic rings. The number of benzene rings is 1. The molecule has 2 heteroatoms. The number of rotatable bonds is 4. The van der Waals surface area contributed by atoms with Gasteiger partial charge in [0.2, 0.25) is 0 Å². The molecular formula is C15H17NS. The minimum absolute atomic E-state index is 1.07. The molecule has 2 rings (SSSR count). The van der Waals surface area contributed by atoms with Crippen molar-refractivity contribution in [2.75, 3.05) is 11.4 Å². The third kappa shape index (κ3) is 2.64. The Morgan fingerprint density at radius 3 is 2.88 bits per heavy atom. The Balaban J connectivity index is 2.29. The normalized spacial score (nSPS) is 16.8. The van der Waals surface area contributed by atoms with E-state index >= 15 is 0 Å². The van der Waals surface area contributed by atoms with Gasteiger partial charge in [0.25, 0.3) is 0 Å². The molecule has 0 saturated heterocycles. The largest absolute Gasteiger partial charge is 0.335 e. The van der Waals surface area contributed by atoms with Crippen molar-refractivity contribution in [1.82, 2.24) is 0 Å². The summed E-state index contributed by atoms with van der Waals surface area (Å²) < 4.78 is 0. The van der Waals surface area contributed by atoms with Crippen molar-refractivity contribution in [2.45, 2.75) is 18.2 Å². The van der Waals surface area contributed by atoms with Crippen molar-refractivity contribution in [1.29, 1.82) is 0 Å². The van der Waals surface area contributed by atoms with Crippen LogP contribution in [-0.4, -0.2) is 6.54 Å². The fraction of sp³-hybridized carbons (Fsp3) is 0.200. The first-order chi connectivity index (χ1) is 8.36. The quantitative estimate of drug-likeness (QED) is 0.711. The lowest BCUT2D eigenvalue weighted by Gasteiger charge is -2.19. The first-order valence-corrected chi connectivity index (χ1v) is 6.72. The highest BCUT2D eigenvalue weighted by Gasteiger charge is 2.22. The van der Waals surface area contributed by atoms with Gasteiger partial charge in [-0.1, -0.05) is 55.6 Å². The number of allylic oxidation sites excluding steroid dienone is 4. The van der Waals surface area contributed by atoms with Gasteiger partial charge in [-0.3, -0.25) is 0 Å². The fourth-order valence-corrected chi connectivity index (χ4v) is 2.95. The van der Waals surface area contributed by atoms with Crippen molar-refractivity contribution in [3.05, 3.63) is 60.2 Å². The van der Waals surface area contributed by atoms with Crippen LogP contribution in [0.25, 0.3) is 0 Å². The maximum Gasteiger partial charge on any atom is 0.0801 e. The number of hydrogen-bond donors (Lipinski definition) is 0. The third-order valence-corrected chi connectivity index (χ3v) is 3.70. The Bertz CT molecular complexity index is 460. The molecule has 0 unspecified atom stereocenters. The molecule has 0 radical (unpaired) electrons. The Morgan fingerprint density at radius 1 is 1.29 bits per heavy atom. The van der Waals surface area contributed by atoms with E-state index in [1.807, 2.05) is 23.9 Å². The molecular weight excluding hydrogens is 226 g/mol. The van der Waals surface area contributed by atoms with E-state index in [1.165, 1.54) is 15.6 Å². The standard InChI is InChI=1S/C15H17NS/c1-3-5-6-11-15-16(12-4-2)13-9-7-8-10-14(13)17-15/h3,5-11H,1,4,12H2,2H3. The summed E-state index contributed by atoms with van der Waals surface area (Å²) in [7, 11) is 0. The fourth-order valence-electron chi connectivity index (χ4n) is 1.85. The Morgan fingerprint density at radius 2 is 2.12 bits per heavy atom. The van der Waals surface area contributed by atoms with E-state index in [-0.39, 0.29) is 0 Å². The Hall–Kier alpha value is -1.41. The van der Waals surface area contributed by atoms with Gasteiger partial charge >= 0.3 is 0 Å². The number of nitrogens with zero attached hydrogens (tertiary/aromatic N) is 1. The van der Waals surface area contributed by atoms with Crippen LogP contribution in [-0.2, 0) is 0 Å². The van der Waals surface area contributed by atoms with Crippen LogP contribution in [0, 0.1) is 0 Å². The van der Waals surface area contributed by atoms with Crippen LogP contribution in [0.15, 0.2) is 65.1 Å². The molecule has 0 fully saturated rings. The highest BCUT2D eigenvalue weighted by Crippen LogP contribution is 2.45. The van der Waals surface area contributed by atoms with Crippen LogP contribution >= 0.6 is 11.8 Å². The Kier molecular flexibility index (Phi) is 4.10. The van der Waals surface area contributed by atoms with Crippen molar-refractivity contribution in [3.63, 3.8) is 0 Å². The first-order valence-electron chi connectivity index (χ1n) is 5.90. The smallest absolute Gasteiger partial charge is 0.0801 e. The van der Waals surface area contributed by atoms with Crippen molar-refractivity contribution >= 4 is 17.4 Å². The van der Waals surface area contributed by atoms with Gasteiger partial charge in [-0.15, -0.1) is 0 Å². The Labute approximate surface area is 108 Å². The zero-order valence-corrected chi connectivity index (χ0v) is 10.9. The van der Waals surface area contributed by atoms with E-state index in [0.29, 0.717) is 0 Å². The van der Waals surface area contributed by atoms with E-state index in [9.17, 15) is 0 Å². The van der Waals surface area contributed by atoms with Gasteiger partial charge in [-0.05, 0) is 24.6 Å². The summed E-state index contributed by atoms with van der Waals surface area (Å²) in [5.41, 5.74) is 1.33. The molecule has 0 bridgehead atoms. The summed E-state index contributed by atoms with van der Waals surface area (Å²) in [4.78, 5) is 3.73. The molecule has 0 atom stereocenters. The van der Waals surface area contributed by atoms with E-state index < -0.39 is 0 Å². The van der Waals surface area contributed by atoms with Crippen LogP contribution in [0.5, 0.6) is 0 Å². The van der Waals surface area contributed by atoms with E-state index in [2.05, 4.69) is 48.7 Å². The zero-order valence-electron chi connectivity index (χ0n) is 10.1.